The van der Waals surface area contributed by atoms with E-state index in [1.807, 2.05) is 36.4 Å². The van der Waals surface area contributed by atoms with Crippen molar-refractivity contribution in [2.45, 2.75) is 26.8 Å². The van der Waals surface area contributed by atoms with Crippen molar-refractivity contribution in [2.75, 3.05) is 19.0 Å². The molecular weight excluding hydrogens is 406 g/mol. The normalized spacial score (nSPS) is 10.9. The summed E-state index contributed by atoms with van der Waals surface area (Å²) < 4.78 is 11.1. The second-order valence-electron chi connectivity index (χ2n) is 7.66. The van der Waals surface area contributed by atoms with Crippen LogP contribution >= 0.6 is 12.2 Å². The molecule has 0 bridgehead atoms. The molecule has 2 aromatic heterocycles. The van der Waals surface area contributed by atoms with Crippen molar-refractivity contribution in [1.82, 2.24) is 9.88 Å². The van der Waals surface area contributed by atoms with Gasteiger partial charge in [0, 0.05) is 23.1 Å². The van der Waals surface area contributed by atoms with Crippen LogP contribution in [0, 0.1) is 13.8 Å². The van der Waals surface area contributed by atoms with Crippen molar-refractivity contribution in [3.8, 4) is 5.75 Å². The van der Waals surface area contributed by atoms with E-state index >= 15 is 0 Å². The Hall–Kier alpha value is -3.25. The molecule has 2 N–H and O–H groups in total. The fourth-order valence-corrected chi connectivity index (χ4v) is 4.12. The number of H-pyrrole nitrogens is 1. The predicted octanol–water partition coefficient (Wildman–Crippen LogP) is 5.83. The highest BCUT2D eigenvalue weighted by atomic mass is 32.1. The molecule has 0 aliphatic rings. The van der Waals surface area contributed by atoms with Gasteiger partial charge < -0.3 is 24.4 Å². The number of hydrogen-bond acceptors (Lipinski definition) is 3. The van der Waals surface area contributed by atoms with Crippen LogP contribution in [-0.4, -0.2) is 28.7 Å². The minimum atomic E-state index is 0.592. The van der Waals surface area contributed by atoms with Gasteiger partial charge >= 0.3 is 0 Å². The molecule has 4 rings (SSSR count). The number of hydrogen-bond donors (Lipinski definition) is 2. The van der Waals surface area contributed by atoms with E-state index in [0.29, 0.717) is 11.7 Å². The van der Waals surface area contributed by atoms with Crippen LogP contribution in [0.5, 0.6) is 5.75 Å². The fourth-order valence-electron chi connectivity index (χ4n) is 3.85. The molecule has 2 heterocycles. The smallest absolute Gasteiger partial charge is 0.173 e. The van der Waals surface area contributed by atoms with Crippen molar-refractivity contribution >= 4 is 33.9 Å². The Morgan fingerprint density at radius 1 is 1.13 bits per heavy atom. The van der Waals surface area contributed by atoms with Crippen LogP contribution < -0.4 is 10.1 Å². The highest BCUT2D eigenvalue weighted by Gasteiger charge is 2.16. The molecule has 0 spiro atoms. The van der Waals surface area contributed by atoms with E-state index in [4.69, 9.17) is 21.4 Å². The SMILES string of the molecule is COc1ccccc1NC(=S)N(CCc1c(C)[nH]c2ccc(C)cc12)Cc1ccco1. The van der Waals surface area contributed by atoms with Crippen LogP contribution in [0.1, 0.15) is 22.6 Å². The number of aromatic amines is 1. The lowest BCUT2D eigenvalue weighted by Crippen LogP contribution is -2.36. The third-order valence-electron chi connectivity index (χ3n) is 5.47. The minimum absolute atomic E-state index is 0.592. The number of ether oxygens (including phenoxy) is 1. The third-order valence-corrected chi connectivity index (χ3v) is 5.83. The molecule has 5 nitrogen and oxygen atoms in total. The zero-order valence-electron chi connectivity index (χ0n) is 18.1. The van der Waals surface area contributed by atoms with Crippen molar-refractivity contribution in [2.24, 2.45) is 0 Å². The van der Waals surface area contributed by atoms with E-state index < -0.39 is 0 Å². The maximum absolute atomic E-state index is 5.79. The second kappa shape index (κ2) is 9.27. The maximum atomic E-state index is 5.79. The average molecular weight is 434 g/mol. The number of aryl methyl sites for hydroxylation is 2. The Bertz CT molecular complexity index is 1180. The van der Waals surface area contributed by atoms with E-state index in [1.165, 1.54) is 27.7 Å². The summed E-state index contributed by atoms with van der Waals surface area (Å²) in [7, 11) is 1.66. The van der Waals surface area contributed by atoms with Gasteiger partial charge in [-0.2, -0.15) is 0 Å². The van der Waals surface area contributed by atoms with Gasteiger partial charge in [-0.1, -0.05) is 23.8 Å². The second-order valence-corrected chi connectivity index (χ2v) is 8.05. The van der Waals surface area contributed by atoms with E-state index in [1.54, 1.807) is 13.4 Å². The summed E-state index contributed by atoms with van der Waals surface area (Å²) in [5.41, 5.74) is 5.79. The maximum Gasteiger partial charge on any atom is 0.173 e. The van der Waals surface area contributed by atoms with E-state index in [0.717, 1.165) is 30.2 Å². The van der Waals surface area contributed by atoms with Crippen LogP contribution in [0.3, 0.4) is 0 Å². The predicted molar refractivity (Wildman–Crippen MR) is 130 cm³/mol. The van der Waals surface area contributed by atoms with Gasteiger partial charge in [0.2, 0.25) is 0 Å². The number of methoxy groups -OCH3 is 1. The molecule has 0 atom stereocenters. The van der Waals surface area contributed by atoms with Gasteiger partial charge in [0.25, 0.3) is 0 Å². The summed E-state index contributed by atoms with van der Waals surface area (Å²) in [5.74, 6) is 1.63. The van der Waals surface area contributed by atoms with E-state index in [2.05, 4.69) is 47.2 Å². The molecule has 0 radical (unpaired) electrons. The van der Waals surface area contributed by atoms with Crippen LogP contribution in [-0.2, 0) is 13.0 Å². The Morgan fingerprint density at radius 3 is 2.74 bits per heavy atom. The molecule has 6 heteroatoms. The number of nitrogens with zero attached hydrogens (tertiary/aromatic N) is 1. The molecule has 31 heavy (non-hydrogen) atoms. The largest absolute Gasteiger partial charge is 0.495 e. The molecular formula is C25H27N3O2S. The van der Waals surface area contributed by atoms with Crippen LogP contribution in [0.4, 0.5) is 5.69 Å². The molecule has 0 aliphatic heterocycles. The summed E-state index contributed by atoms with van der Waals surface area (Å²) in [6, 6.07) is 18.2. The minimum Gasteiger partial charge on any atom is -0.495 e. The summed E-state index contributed by atoms with van der Waals surface area (Å²) >= 11 is 5.79. The first-order chi connectivity index (χ1) is 15.0. The van der Waals surface area contributed by atoms with E-state index in [-0.39, 0.29) is 0 Å². The zero-order valence-corrected chi connectivity index (χ0v) is 18.9. The summed E-state index contributed by atoms with van der Waals surface area (Å²) in [4.78, 5) is 5.64. The number of benzene rings is 2. The number of furan rings is 1. The fraction of sp³-hybridized carbons (Fsp3) is 0.240. The number of nitrogens with one attached hydrogen (secondary N) is 2. The number of anilines is 1. The van der Waals surface area contributed by atoms with Crippen LogP contribution in [0.15, 0.2) is 65.3 Å². The molecule has 0 unspecified atom stereocenters. The number of aromatic nitrogens is 1. The first-order valence-electron chi connectivity index (χ1n) is 10.3. The first-order valence-corrected chi connectivity index (χ1v) is 10.7. The molecule has 4 aromatic rings. The number of para-hydroxylation sites is 2. The topological polar surface area (TPSA) is 53.4 Å². The number of thiocarbonyl (C=S) groups is 1. The van der Waals surface area contributed by atoms with Gasteiger partial charge in [0.05, 0.1) is 25.6 Å². The lowest BCUT2D eigenvalue weighted by molar-refractivity contribution is 0.368. The van der Waals surface area contributed by atoms with Gasteiger partial charge in [0.15, 0.2) is 5.11 Å². The Labute approximate surface area is 188 Å². The third kappa shape index (κ3) is 4.75. The molecule has 0 fully saturated rings. The highest BCUT2D eigenvalue weighted by molar-refractivity contribution is 7.80. The summed E-state index contributed by atoms with van der Waals surface area (Å²) in [6.45, 7) is 5.60. The molecule has 0 saturated carbocycles. The summed E-state index contributed by atoms with van der Waals surface area (Å²) in [6.07, 6.45) is 2.56. The quantitative estimate of drug-likeness (QED) is 0.359. The average Bonchev–Trinajstić information content (AvgIpc) is 3.38. The zero-order chi connectivity index (χ0) is 21.8. The van der Waals surface area contributed by atoms with Crippen molar-refractivity contribution < 1.29 is 9.15 Å². The molecule has 2 aromatic carbocycles. The Kier molecular flexibility index (Phi) is 6.28. The standard InChI is InChI=1S/C25H27N3O2S/c1-17-10-11-22-21(15-17)20(18(2)26-22)12-13-28(16-19-7-6-14-30-19)25(31)27-23-8-4-5-9-24(23)29-3/h4-11,14-15,26H,12-13,16H2,1-3H3,(H,27,31). The lowest BCUT2D eigenvalue weighted by Gasteiger charge is -2.25. The number of rotatable bonds is 7. The van der Waals surface area contributed by atoms with Crippen molar-refractivity contribution in [3.63, 3.8) is 0 Å². The molecule has 160 valence electrons. The van der Waals surface area contributed by atoms with Gasteiger partial charge in [-0.15, -0.1) is 0 Å². The first kappa shape index (κ1) is 21.0. The van der Waals surface area contributed by atoms with Crippen molar-refractivity contribution in [3.05, 3.63) is 83.4 Å². The number of fused-ring (bicyclic) bond motifs is 1. The lowest BCUT2D eigenvalue weighted by atomic mass is 10.1. The molecule has 0 saturated heterocycles. The molecule has 0 aliphatic carbocycles. The highest BCUT2D eigenvalue weighted by Crippen LogP contribution is 2.26. The van der Waals surface area contributed by atoms with Crippen LogP contribution in [0.2, 0.25) is 0 Å². The molecule has 0 amide bonds. The van der Waals surface area contributed by atoms with E-state index in [9.17, 15) is 0 Å². The van der Waals surface area contributed by atoms with Gasteiger partial charge in [-0.3, -0.25) is 0 Å². The Morgan fingerprint density at radius 2 is 1.97 bits per heavy atom. The van der Waals surface area contributed by atoms with Gasteiger partial charge in [0.1, 0.15) is 11.5 Å². The summed E-state index contributed by atoms with van der Waals surface area (Å²) in [5, 5.41) is 5.26. The monoisotopic (exact) mass is 433 g/mol. The van der Waals surface area contributed by atoms with Gasteiger partial charge in [-0.25, -0.2) is 0 Å². The Balaban J connectivity index is 1.56. The van der Waals surface area contributed by atoms with Crippen molar-refractivity contribution in [1.29, 1.82) is 0 Å². The van der Waals surface area contributed by atoms with Gasteiger partial charge in [-0.05, 0) is 74.4 Å². The van der Waals surface area contributed by atoms with Crippen LogP contribution in [0.25, 0.3) is 10.9 Å².